The lowest BCUT2D eigenvalue weighted by molar-refractivity contribution is -0.0170. The number of hydrogen-bond donors (Lipinski definition) is 1. The molecule has 1 aliphatic rings. The van der Waals surface area contributed by atoms with Crippen LogP contribution in [0.5, 0.6) is 0 Å². The number of ether oxygens (including phenoxy) is 1. The number of nitrogens with one attached hydrogen (secondary N) is 1. The van der Waals surface area contributed by atoms with Crippen LogP contribution in [-0.4, -0.2) is 45.0 Å². The lowest BCUT2D eigenvalue weighted by atomic mass is 10.1. The Labute approximate surface area is 188 Å². The molecule has 31 heavy (non-hydrogen) atoms. The zero-order valence-electron chi connectivity index (χ0n) is 21.2. The van der Waals surface area contributed by atoms with E-state index in [-0.39, 0.29) is 22.3 Å². The number of H-pyrrole nitrogens is 1. The number of rotatable bonds is 6. The summed E-state index contributed by atoms with van der Waals surface area (Å²) in [5, 5.41) is 0.152. The Morgan fingerprint density at radius 1 is 1.06 bits per heavy atom. The quantitative estimate of drug-likeness (QED) is 0.626. The molecule has 0 bridgehead atoms. The van der Waals surface area contributed by atoms with E-state index in [2.05, 4.69) is 72.7 Å². The number of aryl methyl sites for hydroxylation is 1. The SMILES string of the molecule is Cn1cc([C@H]2C[C@@H](O[Si](C)(C)C(C)(C)C)[C@@H](CO[Si](C)(C)C(C)(C)C)O2)c(=O)[nH]c1=O. The van der Waals surface area contributed by atoms with Crippen LogP contribution in [0.2, 0.25) is 36.3 Å². The molecule has 1 aromatic heterocycles. The number of aromatic nitrogens is 2. The van der Waals surface area contributed by atoms with Gasteiger partial charge in [0, 0.05) is 19.7 Å². The predicted octanol–water partition coefficient (Wildman–Crippen LogP) is 4.32. The molecule has 1 fully saturated rings. The summed E-state index contributed by atoms with van der Waals surface area (Å²) >= 11 is 0. The van der Waals surface area contributed by atoms with Gasteiger partial charge in [0.05, 0.1) is 24.4 Å². The second-order valence-electron chi connectivity index (χ2n) is 11.8. The first kappa shape index (κ1) is 26.2. The van der Waals surface area contributed by atoms with Crippen molar-refractivity contribution < 1.29 is 13.6 Å². The minimum Gasteiger partial charge on any atom is -0.414 e. The third-order valence-electron chi connectivity index (χ3n) is 7.35. The van der Waals surface area contributed by atoms with Gasteiger partial charge in [0.2, 0.25) is 0 Å². The monoisotopic (exact) mass is 470 g/mol. The average molecular weight is 471 g/mol. The first-order chi connectivity index (χ1) is 13.9. The fourth-order valence-corrected chi connectivity index (χ4v) is 5.44. The molecule has 178 valence electrons. The molecule has 0 aromatic carbocycles. The highest BCUT2D eigenvalue weighted by molar-refractivity contribution is 6.74. The van der Waals surface area contributed by atoms with Crippen LogP contribution in [0.4, 0.5) is 0 Å². The van der Waals surface area contributed by atoms with Crippen LogP contribution in [-0.2, 0) is 20.6 Å². The summed E-state index contributed by atoms with van der Waals surface area (Å²) in [5.41, 5.74) is -0.371. The summed E-state index contributed by atoms with van der Waals surface area (Å²) in [7, 11) is -2.39. The molecule has 0 unspecified atom stereocenters. The molecule has 7 nitrogen and oxygen atoms in total. The van der Waals surface area contributed by atoms with Crippen molar-refractivity contribution in [3.8, 4) is 0 Å². The van der Waals surface area contributed by atoms with Crippen molar-refractivity contribution in [3.63, 3.8) is 0 Å². The van der Waals surface area contributed by atoms with Gasteiger partial charge in [-0.1, -0.05) is 41.5 Å². The van der Waals surface area contributed by atoms with Crippen molar-refractivity contribution in [1.82, 2.24) is 9.55 Å². The molecule has 1 N–H and O–H groups in total. The van der Waals surface area contributed by atoms with Crippen LogP contribution in [0.1, 0.15) is 59.6 Å². The largest absolute Gasteiger partial charge is 0.414 e. The third-order valence-corrected chi connectivity index (χ3v) is 16.4. The number of hydrogen-bond acceptors (Lipinski definition) is 5. The molecule has 1 saturated heterocycles. The Hall–Kier alpha value is -1.01. The second kappa shape index (κ2) is 8.74. The van der Waals surface area contributed by atoms with Gasteiger partial charge in [-0.15, -0.1) is 0 Å². The lowest BCUT2D eigenvalue weighted by Gasteiger charge is -2.40. The van der Waals surface area contributed by atoms with E-state index in [1.165, 1.54) is 4.57 Å². The van der Waals surface area contributed by atoms with Crippen LogP contribution in [0.15, 0.2) is 15.8 Å². The van der Waals surface area contributed by atoms with Gasteiger partial charge in [0.15, 0.2) is 16.6 Å². The van der Waals surface area contributed by atoms with Crippen LogP contribution >= 0.6 is 0 Å². The summed E-state index contributed by atoms with van der Waals surface area (Å²) < 4.78 is 21.0. The Morgan fingerprint density at radius 2 is 1.61 bits per heavy atom. The van der Waals surface area contributed by atoms with Crippen molar-refractivity contribution in [2.24, 2.45) is 7.05 Å². The van der Waals surface area contributed by atoms with Gasteiger partial charge >= 0.3 is 5.69 Å². The first-order valence-corrected chi connectivity index (χ1v) is 16.9. The summed E-state index contributed by atoms with van der Waals surface area (Å²) in [5.74, 6) is 0. The van der Waals surface area contributed by atoms with Gasteiger partial charge in [-0.2, -0.15) is 0 Å². The summed E-state index contributed by atoms with van der Waals surface area (Å²) in [4.78, 5) is 26.6. The minimum absolute atomic E-state index is 0.0596. The maximum Gasteiger partial charge on any atom is 0.328 e. The van der Waals surface area contributed by atoms with Crippen molar-refractivity contribution >= 4 is 16.6 Å². The second-order valence-corrected chi connectivity index (χ2v) is 21.4. The standard InChI is InChI=1S/C22H42N2O5Si2/c1-21(2,3)30(8,9)27-14-18-17(29-31(10,11)22(4,5)6)12-16(28-18)15-13-24(7)20(26)23-19(15)25/h13,16-18H,12,14H2,1-11H3,(H,23,25,26)/t16-,17-,18-/m1/s1. The van der Waals surface area contributed by atoms with Gasteiger partial charge in [-0.05, 0) is 36.3 Å². The maximum absolute atomic E-state index is 12.5. The zero-order valence-corrected chi connectivity index (χ0v) is 23.2. The third kappa shape index (κ3) is 5.87. The smallest absolute Gasteiger partial charge is 0.328 e. The van der Waals surface area contributed by atoms with E-state index in [1.54, 1.807) is 13.2 Å². The number of nitrogens with zero attached hydrogens (tertiary/aromatic N) is 1. The molecule has 0 saturated carbocycles. The zero-order chi connectivity index (χ0) is 24.0. The highest BCUT2D eigenvalue weighted by Crippen LogP contribution is 2.43. The van der Waals surface area contributed by atoms with Gasteiger partial charge < -0.3 is 18.2 Å². The number of aromatic amines is 1. The molecule has 0 spiro atoms. The molecular weight excluding hydrogens is 428 g/mol. The van der Waals surface area contributed by atoms with Crippen molar-refractivity contribution in [3.05, 3.63) is 32.6 Å². The molecule has 1 aliphatic heterocycles. The highest BCUT2D eigenvalue weighted by atomic mass is 28.4. The Morgan fingerprint density at radius 3 is 2.13 bits per heavy atom. The van der Waals surface area contributed by atoms with Gasteiger partial charge in [-0.3, -0.25) is 9.78 Å². The summed E-state index contributed by atoms with van der Waals surface area (Å²) in [6, 6.07) is 0. The molecular formula is C22H42N2O5Si2. The molecule has 0 aliphatic carbocycles. The van der Waals surface area contributed by atoms with Crippen LogP contribution in [0, 0.1) is 0 Å². The van der Waals surface area contributed by atoms with Crippen molar-refractivity contribution in [2.45, 2.75) is 103 Å². The molecule has 2 rings (SSSR count). The van der Waals surface area contributed by atoms with Crippen molar-refractivity contribution in [2.75, 3.05) is 6.61 Å². The Balaban J connectivity index is 2.32. The molecule has 0 radical (unpaired) electrons. The summed E-state index contributed by atoms with van der Waals surface area (Å²) in [6.07, 6.45) is 1.29. The maximum atomic E-state index is 12.5. The Kier molecular flexibility index (Phi) is 7.40. The normalized spacial score (nSPS) is 23.4. The van der Waals surface area contributed by atoms with E-state index in [0.29, 0.717) is 18.6 Å². The topological polar surface area (TPSA) is 82.6 Å². The van der Waals surface area contributed by atoms with E-state index < -0.39 is 34.0 Å². The van der Waals surface area contributed by atoms with E-state index in [4.69, 9.17) is 13.6 Å². The molecule has 9 heteroatoms. The van der Waals surface area contributed by atoms with Gasteiger partial charge in [0.1, 0.15) is 6.10 Å². The van der Waals surface area contributed by atoms with Crippen LogP contribution in [0.3, 0.4) is 0 Å². The molecule has 2 heterocycles. The van der Waals surface area contributed by atoms with E-state index >= 15 is 0 Å². The highest BCUT2D eigenvalue weighted by Gasteiger charge is 2.46. The predicted molar refractivity (Wildman–Crippen MR) is 130 cm³/mol. The van der Waals surface area contributed by atoms with Gasteiger partial charge in [0.25, 0.3) is 5.56 Å². The van der Waals surface area contributed by atoms with Gasteiger partial charge in [-0.25, -0.2) is 4.79 Å². The minimum atomic E-state index is -2.05. The molecule has 1 aromatic rings. The Bertz CT molecular complexity index is 893. The first-order valence-electron chi connectivity index (χ1n) is 11.1. The van der Waals surface area contributed by atoms with E-state index in [9.17, 15) is 9.59 Å². The van der Waals surface area contributed by atoms with Crippen LogP contribution in [0.25, 0.3) is 0 Å². The fourth-order valence-electron chi connectivity index (χ4n) is 3.06. The van der Waals surface area contributed by atoms with Crippen LogP contribution < -0.4 is 11.2 Å². The lowest BCUT2D eigenvalue weighted by Crippen LogP contribution is -2.48. The van der Waals surface area contributed by atoms with E-state index in [1.807, 2.05) is 0 Å². The average Bonchev–Trinajstić information content (AvgIpc) is 2.96. The van der Waals surface area contributed by atoms with E-state index in [0.717, 1.165) is 0 Å². The molecule has 3 atom stereocenters. The molecule has 0 amide bonds. The fraction of sp³-hybridized carbons (Fsp3) is 0.818. The summed E-state index contributed by atoms with van der Waals surface area (Å²) in [6.45, 7) is 22.6. The van der Waals surface area contributed by atoms with Crippen molar-refractivity contribution in [1.29, 1.82) is 0 Å².